The molecule has 34 heteroatoms. The Balaban J connectivity index is 0.601. The van der Waals surface area contributed by atoms with E-state index in [1.54, 1.807) is 34.1 Å². The molecule has 4 aliphatic heterocycles. The number of aromatic nitrogens is 6. The highest BCUT2D eigenvalue weighted by molar-refractivity contribution is 6.39. The first-order valence-corrected chi connectivity index (χ1v) is 42.5. The van der Waals surface area contributed by atoms with Crippen LogP contribution >= 0.6 is 0 Å². The molecule has 1 aliphatic carbocycles. The number of aliphatic hydroxyl groups excluding tert-OH is 2. The number of nitrogens with zero attached hydrogens (tertiary/aromatic N) is 7. The van der Waals surface area contributed by atoms with Crippen LogP contribution in [-0.4, -0.2) is 303 Å². The van der Waals surface area contributed by atoms with Gasteiger partial charge >= 0.3 is 12.1 Å². The fourth-order valence-electron chi connectivity index (χ4n) is 16.0. The quantitative estimate of drug-likeness (QED) is 0.0110. The van der Waals surface area contributed by atoms with Gasteiger partial charge in [-0.1, -0.05) is 64.2 Å². The number of cyclic esters (lactones) is 1. The number of amides is 3. The molecular weight excluding hydrogens is 1550 g/mol. The molecule has 4 aromatic rings. The number of Topliss-reactive ketones (excluding diaryl/α,β-unsaturated/α-hetero) is 3. The Morgan fingerprint density at radius 3 is 2.02 bits per heavy atom. The van der Waals surface area contributed by atoms with Gasteiger partial charge in [0.15, 0.2) is 11.4 Å². The third-order valence-corrected chi connectivity index (χ3v) is 23.2. The highest BCUT2D eigenvalue weighted by atomic mass is 16.6. The number of hydrogen-bond acceptors (Lipinski definition) is 29. The minimum Gasteiger partial charge on any atom is -0.459 e. The lowest BCUT2D eigenvalue weighted by atomic mass is 9.80. The van der Waals surface area contributed by atoms with Crippen molar-refractivity contribution in [2.24, 2.45) is 35.3 Å². The number of carbonyl (C=O) groups excluding carboxylic acids is 7. The maximum absolute atomic E-state index is 14.6. The second-order valence-corrected chi connectivity index (χ2v) is 32.0. The number of piperidine rings is 2. The van der Waals surface area contributed by atoms with E-state index in [0.29, 0.717) is 192 Å². The lowest BCUT2D eigenvalue weighted by Gasteiger charge is -2.42. The maximum atomic E-state index is 14.6. The van der Waals surface area contributed by atoms with E-state index in [0.717, 1.165) is 27.1 Å². The Hall–Kier alpha value is -7.91. The molecular formula is C86H129N11O23. The number of hydrogen-bond donors (Lipinski definition) is 7. The van der Waals surface area contributed by atoms with E-state index in [-0.39, 0.29) is 81.3 Å². The molecule has 0 spiro atoms. The molecule has 9 rings (SSSR count). The van der Waals surface area contributed by atoms with Crippen LogP contribution in [0.15, 0.2) is 78.5 Å². The summed E-state index contributed by atoms with van der Waals surface area (Å²) in [5.41, 5.74) is 17.3. The Labute approximate surface area is 702 Å². The van der Waals surface area contributed by atoms with Gasteiger partial charge in [0.25, 0.3) is 11.7 Å². The van der Waals surface area contributed by atoms with Crippen LogP contribution in [-0.2, 0) is 90.3 Å². The summed E-state index contributed by atoms with van der Waals surface area (Å²) in [5, 5.41) is 43.9. The van der Waals surface area contributed by atoms with Crippen molar-refractivity contribution in [2.75, 3.05) is 152 Å². The molecule has 5 aliphatic rings. The Morgan fingerprint density at radius 2 is 1.37 bits per heavy atom. The number of rotatable bonds is 35. The fraction of sp³-hybridized carbons (Fsp3) is 0.686. The number of allylic oxidation sites excluding steroid dienone is 6. The number of methoxy groups -OCH3 is 2. The van der Waals surface area contributed by atoms with Crippen molar-refractivity contribution in [1.29, 1.82) is 0 Å². The minimum absolute atomic E-state index is 0.00115. The molecule has 4 aromatic heterocycles. The van der Waals surface area contributed by atoms with E-state index in [1.807, 2.05) is 72.1 Å². The molecule has 8 heterocycles. The molecule has 0 unspecified atom stereocenters. The molecule has 3 saturated heterocycles. The number of esters is 1. The van der Waals surface area contributed by atoms with Crippen molar-refractivity contribution in [3.8, 4) is 11.3 Å². The molecule has 1 saturated carbocycles. The Bertz CT molecular complexity index is 4030. The van der Waals surface area contributed by atoms with Crippen LogP contribution in [0, 0.1) is 29.6 Å². The molecule has 15 atom stereocenters. The van der Waals surface area contributed by atoms with E-state index in [4.69, 9.17) is 78.1 Å². The van der Waals surface area contributed by atoms with Crippen LogP contribution in [0.25, 0.3) is 33.3 Å². The second kappa shape index (κ2) is 49.4. The second-order valence-electron chi connectivity index (χ2n) is 32.0. The number of nitrogens with one attached hydrogen (secondary N) is 2. The number of ketones is 3. The topological polar surface area (TPSA) is 443 Å². The van der Waals surface area contributed by atoms with Crippen LogP contribution in [0.4, 0.5) is 10.6 Å². The predicted molar refractivity (Wildman–Crippen MR) is 442 cm³/mol. The third kappa shape index (κ3) is 28.3. The molecule has 4 fully saturated rings. The normalized spacial score (nSPS) is 27.6. The van der Waals surface area contributed by atoms with Crippen molar-refractivity contribution in [3.63, 3.8) is 0 Å². The van der Waals surface area contributed by atoms with E-state index in [9.17, 15) is 48.9 Å². The van der Waals surface area contributed by atoms with Gasteiger partial charge < -0.3 is 108 Å². The van der Waals surface area contributed by atoms with Crippen LogP contribution in [0.2, 0.25) is 0 Å². The number of alkyl carbamates (subject to hydrolysis) is 1. The lowest BCUT2D eigenvalue weighted by Crippen LogP contribution is -2.61. The first-order chi connectivity index (χ1) is 57.9. The summed E-state index contributed by atoms with van der Waals surface area (Å²) >= 11 is 0. The number of carbonyl (C=O) groups is 7. The first-order valence-electron chi connectivity index (χ1n) is 42.5. The number of fused-ring (bicyclic) bond motifs is 5. The summed E-state index contributed by atoms with van der Waals surface area (Å²) in [6.45, 7) is 17.3. The smallest absolute Gasteiger partial charge is 0.407 e. The largest absolute Gasteiger partial charge is 0.459 e. The van der Waals surface area contributed by atoms with Gasteiger partial charge in [-0.3, -0.25) is 24.0 Å². The summed E-state index contributed by atoms with van der Waals surface area (Å²) in [6.07, 6.45) is 13.6. The Kier molecular flexibility index (Phi) is 39.5. The number of pyridine rings is 1. The SMILES string of the molecule is CO[C@H]1C[C@@H]2CC[C@@H](C)[C@@](O)(O2)C(=O)C(=O)N2CCCC[C@H]2C(=O)O[C@H]([C@H](N)C[C@@H]2CC[C@@H](OC(=O)NCCOCCOCCOCCOCCOCCOCCOCCOCCC(=O)N3CCC(n4nc(-c5cnc6[nH]ccc6c5)c5c(N)ncnc54)CC3)[C@H](OC)C2)CC(=O)[C@H](C)/C=C(\C)[C@@H](O)[C@@H](O)C(=O)[C@H](C)C[C@H](C)/C=C/C=CC=C1C. The summed E-state index contributed by atoms with van der Waals surface area (Å²) < 4.78 is 76.8. The van der Waals surface area contributed by atoms with Gasteiger partial charge in [-0.15, -0.1) is 0 Å². The number of anilines is 1. The van der Waals surface area contributed by atoms with Crippen LogP contribution in [0.1, 0.15) is 144 Å². The Morgan fingerprint density at radius 1 is 0.717 bits per heavy atom. The molecule has 120 heavy (non-hydrogen) atoms. The molecule has 2 bridgehead atoms. The van der Waals surface area contributed by atoms with Crippen LogP contribution < -0.4 is 16.8 Å². The number of aromatic amines is 1. The van der Waals surface area contributed by atoms with Gasteiger partial charge in [0, 0.05) is 100 Å². The van der Waals surface area contributed by atoms with Crippen LogP contribution in [0.3, 0.4) is 0 Å². The number of nitrogens with two attached hydrogens (primary N) is 2. The summed E-state index contributed by atoms with van der Waals surface area (Å²) in [4.78, 5) is 117. The monoisotopic (exact) mass is 1680 g/mol. The van der Waals surface area contributed by atoms with Crippen molar-refractivity contribution < 1.29 is 110 Å². The van der Waals surface area contributed by atoms with E-state index >= 15 is 0 Å². The third-order valence-electron chi connectivity index (χ3n) is 23.2. The van der Waals surface area contributed by atoms with Crippen molar-refractivity contribution in [3.05, 3.63) is 78.5 Å². The number of H-pyrrole nitrogens is 1. The van der Waals surface area contributed by atoms with Crippen molar-refractivity contribution in [2.45, 2.75) is 204 Å². The average molecular weight is 1690 g/mol. The highest BCUT2D eigenvalue weighted by Crippen LogP contribution is 2.39. The number of aliphatic hydroxyl groups is 3. The lowest BCUT2D eigenvalue weighted by molar-refractivity contribution is -0.265. The molecule has 9 N–H and O–H groups in total. The van der Waals surface area contributed by atoms with Gasteiger partial charge in [0.2, 0.25) is 11.7 Å². The van der Waals surface area contributed by atoms with Crippen molar-refractivity contribution in [1.82, 2.24) is 44.8 Å². The molecule has 0 radical (unpaired) electrons. The molecule has 34 nitrogen and oxygen atoms in total. The predicted octanol–water partition coefficient (Wildman–Crippen LogP) is 6.60. The van der Waals surface area contributed by atoms with E-state index in [2.05, 4.69) is 25.3 Å². The van der Waals surface area contributed by atoms with Gasteiger partial charge in [0.1, 0.15) is 59.7 Å². The number of likely N-dealkylation sites (tertiary alicyclic amines) is 1. The minimum atomic E-state index is -2.51. The molecule has 666 valence electrons. The van der Waals surface area contributed by atoms with E-state index in [1.165, 1.54) is 26.4 Å². The summed E-state index contributed by atoms with van der Waals surface area (Å²) in [6, 6.07) is 1.76. The van der Waals surface area contributed by atoms with Crippen LogP contribution in [0.5, 0.6) is 0 Å². The fourth-order valence-corrected chi connectivity index (χ4v) is 16.0. The highest BCUT2D eigenvalue weighted by Gasteiger charge is 2.53. The zero-order chi connectivity index (χ0) is 86.1. The number of ether oxygens (including phenoxy) is 13. The number of nitrogen functional groups attached to an aromatic ring is 1. The van der Waals surface area contributed by atoms with Gasteiger partial charge in [-0.2, -0.15) is 5.10 Å². The summed E-state index contributed by atoms with van der Waals surface area (Å²) in [5.74, 6) is -8.89. The standard InChI is InChI=1S/C86H129N11O23/c1-55-14-10-9-11-15-56(2)70(108-7)51-65-19-17-60(6)86(107,120-65)79(103)83(104)96-27-13-12-16-67(96)84(105)118-71(52-68(98)57(3)47-59(5)77(101)78(102)76(100)58(4)46-55)66(87)48-61-18-20-69(72(49-61)109-8)119-85(106)90-26-31-111-33-35-113-37-39-115-41-43-117-45-44-116-42-40-114-38-36-112-34-32-110-30-24-73(99)95-28-22-64(23-29-95)97-82-74(80(88)92-54-93-82)75(94-97)63-50-62-21-25-89-81(62)91-53-63/h9-11,14-15,21,25,47,50,53-55,57-58,60-61,64-67,69-72,77-78,101-102,107H,12-13,16-20,22-24,26-46,48-49,51-52,87H2,1-8H3,(H,89,91)(H,90,106)(H2,88,92,93)/b11-9?,14-10+,56-15?,59-47+/t55-,57-,58-,60-,61+,65+,66-,67+,69-,70+,71+,72-,77-,78+,86-/m1/s1. The maximum Gasteiger partial charge on any atom is 0.407 e. The average Bonchev–Trinajstić information content (AvgIpc) is 1.55. The van der Waals surface area contributed by atoms with Gasteiger partial charge in [-0.25, -0.2) is 29.2 Å². The first kappa shape index (κ1) is 95.9. The zero-order valence-corrected chi connectivity index (χ0v) is 71.1. The summed E-state index contributed by atoms with van der Waals surface area (Å²) in [7, 11) is 3.06. The van der Waals surface area contributed by atoms with Crippen molar-refractivity contribution >= 4 is 69.1 Å². The zero-order valence-electron chi connectivity index (χ0n) is 71.1. The molecule has 0 aromatic carbocycles. The van der Waals surface area contributed by atoms with E-state index < -0.39 is 120 Å². The van der Waals surface area contributed by atoms with Gasteiger partial charge in [-0.05, 0) is 126 Å². The van der Waals surface area contributed by atoms with Gasteiger partial charge in [0.05, 0.1) is 142 Å². The molecule has 3 amide bonds.